The van der Waals surface area contributed by atoms with Gasteiger partial charge in [-0.2, -0.15) is 5.10 Å². The molecule has 22 heavy (non-hydrogen) atoms. The normalized spacial score (nSPS) is 13.1. The number of hydrogen-bond acceptors (Lipinski definition) is 3. The summed E-state index contributed by atoms with van der Waals surface area (Å²) in [5, 5.41) is 6.66. The Hall–Kier alpha value is -1.66. The lowest BCUT2D eigenvalue weighted by Gasteiger charge is -2.28. The minimum atomic E-state index is -2.89. The number of ether oxygens (including phenoxy) is 1. The number of halogens is 2. The number of alkyl halides is 2. The molecule has 1 aromatic heterocycles. The standard InChI is InChI=1S/C15H25F2N3O2/c1-7-15(16,17)11-8-18-20(9-11)10-14(5,6)19-12(21)22-13(2,3)4/h8-9H,7,10H2,1-6H3,(H,19,21). The Morgan fingerprint density at radius 2 is 1.91 bits per heavy atom. The molecule has 0 aromatic carbocycles. The van der Waals surface area contributed by atoms with E-state index in [1.807, 2.05) is 0 Å². The molecule has 1 N–H and O–H groups in total. The van der Waals surface area contributed by atoms with Crippen LogP contribution >= 0.6 is 0 Å². The van der Waals surface area contributed by atoms with Crippen molar-refractivity contribution in [1.29, 1.82) is 0 Å². The van der Waals surface area contributed by atoms with Gasteiger partial charge >= 0.3 is 6.09 Å². The van der Waals surface area contributed by atoms with Crippen molar-refractivity contribution in [3.05, 3.63) is 18.0 Å². The van der Waals surface area contributed by atoms with Crippen LogP contribution in [-0.4, -0.2) is 27.0 Å². The summed E-state index contributed by atoms with van der Waals surface area (Å²) in [6.45, 7) is 10.5. The molecule has 126 valence electrons. The average molecular weight is 317 g/mol. The maximum Gasteiger partial charge on any atom is 0.408 e. The Morgan fingerprint density at radius 1 is 1.32 bits per heavy atom. The second kappa shape index (κ2) is 6.22. The van der Waals surface area contributed by atoms with Crippen LogP contribution in [0, 0.1) is 0 Å². The summed E-state index contributed by atoms with van der Waals surface area (Å²) in [6.07, 6.45) is 1.64. The number of carbonyl (C=O) groups is 1. The predicted molar refractivity (Wildman–Crippen MR) is 79.9 cm³/mol. The fourth-order valence-corrected chi connectivity index (χ4v) is 1.87. The molecule has 0 aliphatic rings. The maximum atomic E-state index is 13.6. The lowest BCUT2D eigenvalue weighted by molar-refractivity contribution is -0.00845. The number of carbonyl (C=O) groups excluding carboxylic acids is 1. The molecule has 0 bridgehead atoms. The molecule has 0 fully saturated rings. The lowest BCUT2D eigenvalue weighted by atomic mass is 10.1. The van der Waals surface area contributed by atoms with E-state index >= 15 is 0 Å². The summed E-state index contributed by atoms with van der Waals surface area (Å²) in [6, 6.07) is 0. The fourth-order valence-electron chi connectivity index (χ4n) is 1.87. The van der Waals surface area contributed by atoms with Crippen molar-refractivity contribution >= 4 is 6.09 Å². The van der Waals surface area contributed by atoms with Gasteiger partial charge in [0.25, 0.3) is 5.92 Å². The minimum Gasteiger partial charge on any atom is -0.444 e. The van der Waals surface area contributed by atoms with Gasteiger partial charge in [-0.25, -0.2) is 13.6 Å². The summed E-state index contributed by atoms with van der Waals surface area (Å²) in [5.41, 5.74) is -1.40. The van der Waals surface area contributed by atoms with Gasteiger partial charge < -0.3 is 10.1 Å². The second-order valence-electron chi connectivity index (χ2n) is 7.00. The van der Waals surface area contributed by atoms with Crippen LogP contribution in [0.15, 0.2) is 12.4 Å². The van der Waals surface area contributed by atoms with E-state index in [1.165, 1.54) is 17.8 Å². The molecule has 0 unspecified atom stereocenters. The summed E-state index contributed by atoms with van der Waals surface area (Å²) in [5.74, 6) is -2.89. The van der Waals surface area contributed by atoms with Gasteiger partial charge in [-0.3, -0.25) is 4.68 Å². The van der Waals surface area contributed by atoms with Crippen LogP contribution in [0.4, 0.5) is 13.6 Å². The van der Waals surface area contributed by atoms with Crippen LogP contribution in [0.3, 0.4) is 0 Å². The van der Waals surface area contributed by atoms with Crippen molar-refractivity contribution in [2.45, 2.75) is 71.6 Å². The molecular weight excluding hydrogens is 292 g/mol. The highest BCUT2D eigenvalue weighted by Crippen LogP contribution is 2.30. The number of rotatable bonds is 5. The fraction of sp³-hybridized carbons (Fsp3) is 0.733. The van der Waals surface area contributed by atoms with Crippen LogP contribution in [0.1, 0.15) is 53.5 Å². The van der Waals surface area contributed by atoms with Crippen LogP contribution in [0.25, 0.3) is 0 Å². The number of aromatic nitrogens is 2. The molecule has 1 heterocycles. The summed E-state index contributed by atoms with van der Waals surface area (Å²) in [4.78, 5) is 11.8. The van der Waals surface area contributed by atoms with E-state index in [0.717, 1.165) is 6.20 Å². The summed E-state index contributed by atoms with van der Waals surface area (Å²) >= 11 is 0. The third-order valence-corrected chi connectivity index (χ3v) is 2.90. The number of nitrogens with one attached hydrogen (secondary N) is 1. The first-order valence-electron chi connectivity index (χ1n) is 7.26. The van der Waals surface area contributed by atoms with E-state index in [9.17, 15) is 13.6 Å². The van der Waals surface area contributed by atoms with E-state index in [4.69, 9.17) is 4.74 Å². The van der Waals surface area contributed by atoms with Crippen LogP contribution in [0.2, 0.25) is 0 Å². The number of nitrogens with zero attached hydrogens (tertiary/aromatic N) is 2. The van der Waals surface area contributed by atoms with Crippen molar-refractivity contribution in [3.63, 3.8) is 0 Å². The predicted octanol–water partition coefficient (Wildman–Crippen LogP) is 3.69. The largest absolute Gasteiger partial charge is 0.444 e. The van der Waals surface area contributed by atoms with E-state index in [1.54, 1.807) is 34.6 Å². The highest BCUT2D eigenvalue weighted by Gasteiger charge is 2.31. The molecule has 0 atom stereocenters. The molecule has 0 radical (unpaired) electrons. The molecule has 0 aliphatic heterocycles. The summed E-state index contributed by atoms with van der Waals surface area (Å²) in [7, 11) is 0. The highest BCUT2D eigenvalue weighted by atomic mass is 19.3. The molecular formula is C15H25F2N3O2. The van der Waals surface area contributed by atoms with Gasteiger partial charge in [-0.1, -0.05) is 6.92 Å². The molecule has 1 amide bonds. The average Bonchev–Trinajstić information content (AvgIpc) is 2.73. The zero-order chi connectivity index (χ0) is 17.2. The molecule has 0 saturated carbocycles. The monoisotopic (exact) mass is 317 g/mol. The summed E-state index contributed by atoms with van der Waals surface area (Å²) < 4.78 is 33.8. The van der Waals surface area contributed by atoms with Gasteiger partial charge in [0, 0.05) is 12.6 Å². The highest BCUT2D eigenvalue weighted by molar-refractivity contribution is 5.68. The van der Waals surface area contributed by atoms with Crippen LogP contribution in [0.5, 0.6) is 0 Å². The first-order valence-corrected chi connectivity index (χ1v) is 7.26. The van der Waals surface area contributed by atoms with Gasteiger partial charge in [0.1, 0.15) is 5.60 Å². The Bertz CT molecular complexity index is 519. The molecule has 0 aliphatic carbocycles. The SMILES string of the molecule is CCC(F)(F)c1cnn(CC(C)(C)NC(=O)OC(C)(C)C)c1. The van der Waals surface area contributed by atoms with Crippen molar-refractivity contribution < 1.29 is 18.3 Å². The number of hydrogen-bond donors (Lipinski definition) is 1. The Balaban J connectivity index is 2.71. The van der Waals surface area contributed by atoms with E-state index in [2.05, 4.69) is 10.4 Å². The smallest absolute Gasteiger partial charge is 0.408 e. The first kappa shape index (κ1) is 18.4. The molecule has 1 aromatic rings. The lowest BCUT2D eigenvalue weighted by Crippen LogP contribution is -2.48. The van der Waals surface area contributed by atoms with E-state index in [-0.39, 0.29) is 18.5 Å². The van der Waals surface area contributed by atoms with Gasteiger partial charge in [-0.15, -0.1) is 0 Å². The molecule has 0 saturated heterocycles. The Morgan fingerprint density at radius 3 is 2.41 bits per heavy atom. The first-order chi connectivity index (χ1) is 9.85. The number of amides is 1. The second-order valence-corrected chi connectivity index (χ2v) is 7.00. The molecule has 1 rings (SSSR count). The molecule has 0 spiro atoms. The number of alkyl carbamates (subject to hydrolysis) is 1. The third kappa shape index (κ3) is 5.61. The molecule has 5 nitrogen and oxygen atoms in total. The van der Waals surface area contributed by atoms with Crippen molar-refractivity contribution in [1.82, 2.24) is 15.1 Å². The zero-order valence-electron chi connectivity index (χ0n) is 14.0. The third-order valence-electron chi connectivity index (χ3n) is 2.90. The van der Waals surface area contributed by atoms with E-state index < -0.39 is 23.2 Å². The van der Waals surface area contributed by atoms with Crippen molar-refractivity contribution in [3.8, 4) is 0 Å². The van der Waals surface area contributed by atoms with Crippen molar-refractivity contribution in [2.24, 2.45) is 0 Å². The quantitative estimate of drug-likeness (QED) is 0.901. The Labute approximate surface area is 130 Å². The van der Waals surface area contributed by atoms with Gasteiger partial charge in [0.05, 0.1) is 23.8 Å². The van der Waals surface area contributed by atoms with Crippen LogP contribution in [-0.2, 0) is 17.2 Å². The Kier molecular flexibility index (Phi) is 5.20. The van der Waals surface area contributed by atoms with E-state index in [0.29, 0.717) is 0 Å². The maximum absolute atomic E-state index is 13.6. The zero-order valence-corrected chi connectivity index (χ0v) is 14.0. The van der Waals surface area contributed by atoms with Gasteiger partial charge in [-0.05, 0) is 34.6 Å². The molecule has 7 heteroatoms. The van der Waals surface area contributed by atoms with Crippen molar-refractivity contribution in [2.75, 3.05) is 0 Å². The van der Waals surface area contributed by atoms with Gasteiger partial charge in [0.15, 0.2) is 0 Å². The topological polar surface area (TPSA) is 56.2 Å². The van der Waals surface area contributed by atoms with Gasteiger partial charge in [0.2, 0.25) is 0 Å². The minimum absolute atomic E-state index is 0.122. The van der Waals surface area contributed by atoms with Crippen LogP contribution < -0.4 is 5.32 Å².